The van der Waals surface area contributed by atoms with Gasteiger partial charge in [0.2, 0.25) is 0 Å². The summed E-state index contributed by atoms with van der Waals surface area (Å²) in [4.78, 5) is 2.32. The number of hydrogen-bond acceptors (Lipinski definition) is 2. The molecule has 2 aliphatic rings. The van der Waals surface area contributed by atoms with Crippen LogP contribution in [0.3, 0.4) is 0 Å². The smallest absolute Gasteiger partial charge is 0.0864 e. The standard InChI is InChI=1S/C14H15NO/c1-3-8-15-10-14(15)11(2)16-9-12-6-4-5-7-13(12)14/h1,4-7,11H,8-10H2,2H3. The summed E-state index contributed by atoms with van der Waals surface area (Å²) in [5, 5.41) is 0. The molecule has 2 heterocycles. The minimum Gasteiger partial charge on any atom is -0.371 e. The molecule has 82 valence electrons. The van der Waals surface area contributed by atoms with E-state index in [-0.39, 0.29) is 11.6 Å². The highest BCUT2D eigenvalue weighted by atomic mass is 16.5. The Balaban J connectivity index is 2.03. The van der Waals surface area contributed by atoms with Gasteiger partial charge in [-0.25, -0.2) is 0 Å². The van der Waals surface area contributed by atoms with Crippen LogP contribution in [0.25, 0.3) is 0 Å². The van der Waals surface area contributed by atoms with Crippen molar-refractivity contribution in [2.45, 2.75) is 25.2 Å². The quantitative estimate of drug-likeness (QED) is 0.520. The molecule has 1 fully saturated rings. The molecule has 3 atom stereocenters. The molecule has 16 heavy (non-hydrogen) atoms. The van der Waals surface area contributed by atoms with Gasteiger partial charge in [0, 0.05) is 6.54 Å². The molecule has 0 aromatic heterocycles. The van der Waals surface area contributed by atoms with Crippen molar-refractivity contribution in [1.82, 2.24) is 4.90 Å². The first-order chi connectivity index (χ1) is 7.79. The summed E-state index contributed by atoms with van der Waals surface area (Å²) >= 11 is 0. The molecule has 3 unspecified atom stereocenters. The fourth-order valence-electron chi connectivity index (χ4n) is 2.84. The Kier molecular flexibility index (Phi) is 2.07. The molecule has 1 aromatic rings. The first-order valence-corrected chi connectivity index (χ1v) is 5.67. The van der Waals surface area contributed by atoms with E-state index in [1.54, 1.807) is 0 Å². The van der Waals surface area contributed by atoms with Gasteiger partial charge < -0.3 is 4.74 Å². The summed E-state index contributed by atoms with van der Waals surface area (Å²) in [6.07, 6.45) is 5.62. The number of hydrogen-bond donors (Lipinski definition) is 0. The SMILES string of the molecule is C#CCN1CC12c1ccccc1COC2C. The molecule has 0 N–H and O–H groups in total. The maximum Gasteiger partial charge on any atom is 0.0864 e. The zero-order valence-corrected chi connectivity index (χ0v) is 9.44. The largest absolute Gasteiger partial charge is 0.371 e. The molecule has 0 amide bonds. The summed E-state index contributed by atoms with van der Waals surface area (Å²) in [6.45, 7) is 4.60. The van der Waals surface area contributed by atoms with Gasteiger partial charge in [0.1, 0.15) is 0 Å². The molecule has 1 aromatic carbocycles. The topological polar surface area (TPSA) is 12.2 Å². The Morgan fingerprint density at radius 3 is 3.19 bits per heavy atom. The van der Waals surface area contributed by atoms with E-state index in [0.717, 1.165) is 13.2 Å². The van der Waals surface area contributed by atoms with Crippen molar-refractivity contribution in [1.29, 1.82) is 0 Å². The van der Waals surface area contributed by atoms with Crippen LogP contribution in [0.4, 0.5) is 0 Å². The molecule has 0 aliphatic carbocycles. The monoisotopic (exact) mass is 213 g/mol. The Morgan fingerprint density at radius 2 is 2.38 bits per heavy atom. The third kappa shape index (κ3) is 1.16. The Hall–Kier alpha value is -1.30. The van der Waals surface area contributed by atoms with Crippen LogP contribution in [0.5, 0.6) is 0 Å². The van der Waals surface area contributed by atoms with Crippen LogP contribution in [0.2, 0.25) is 0 Å². The van der Waals surface area contributed by atoms with Crippen LogP contribution >= 0.6 is 0 Å². The van der Waals surface area contributed by atoms with E-state index in [1.807, 2.05) is 0 Å². The second-order valence-electron chi connectivity index (χ2n) is 4.59. The minimum absolute atomic E-state index is 0.0568. The van der Waals surface area contributed by atoms with Crippen molar-refractivity contribution in [2.75, 3.05) is 13.1 Å². The van der Waals surface area contributed by atoms with Gasteiger partial charge in [-0.2, -0.15) is 0 Å². The van der Waals surface area contributed by atoms with Crippen molar-refractivity contribution >= 4 is 0 Å². The fraction of sp³-hybridized carbons (Fsp3) is 0.429. The van der Waals surface area contributed by atoms with Crippen molar-refractivity contribution in [3.05, 3.63) is 35.4 Å². The average Bonchev–Trinajstić information content (AvgIpc) is 3.01. The van der Waals surface area contributed by atoms with Crippen molar-refractivity contribution in [2.24, 2.45) is 0 Å². The fourth-order valence-corrected chi connectivity index (χ4v) is 2.84. The zero-order chi connectivity index (χ0) is 11.2. The lowest BCUT2D eigenvalue weighted by molar-refractivity contribution is -0.00257. The number of ether oxygens (including phenoxy) is 1. The number of terminal acetylenes is 1. The molecule has 2 heteroatoms. The molecule has 2 nitrogen and oxygen atoms in total. The van der Waals surface area contributed by atoms with Crippen molar-refractivity contribution in [3.8, 4) is 12.3 Å². The molecule has 0 saturated carbocycles. The predicted octanol–water partition coefficient (Wildman–Crippen LogP) is 1.75. The van der Waals surface area contributed by atoms with Crippen molar-refractivity contribution in [3.63, 3.8) is 0 Å². The molecule has 1 saturated heterocycles. The average molecular weight is 213 g/mol. The molecular formula is C14H15NO. The van der Waals surface area contributed by atoms with Crippen LogP contribution < -0.4 is 0 Å². The minimum atomic E-state index is 0.0568. The van der Waals surface area contributed by atoms with Crippen LogP contribution in [0, 0.1) is 12.3 Å². The lowest BCUT2D eigenvalue weighted by Gasteiger charge is -2.32. The zero-order valence-electron chi connectivity index (χ0n) is 9.44. The maximum atomic E-state index is 5.85. The first-order valence-electron chi connectivity index (χ1n) is 5.67. The lowest BCUT2D eigenvalue weighted by atomic mass is 9.87. The van der Waals surface area contributed by atoms with Crippen LogP contribution in [-0.2, 0) is 16.9 Å². The van der Waals surface area contributed by atoms with E-state index in [9.17, 15) is 0 Å². The van der Waals surface area contributed by atoms with Gasteiger partial charge in [-0.05, 0) is 18.1 Å². The van der Waals surface area contributed by atoms with Gasteiger partial charge in [-0.1, -0.05) is 30.2 Å². The van der Waals surface area contributed by atoms with Crippen LogP contribution in [0.1, 0.15) is 18.1 Å². The van der Waals surface area contributed by atoms with Gasteiger partial charge >= 0.3 is 0 Å². The van der Waals surface area contributed by atoms with Gasteiger partial charge in [0.05, 0.1) is 24.8 Å². The summed E-state index contributed by atoms with van der Waals surface area (Å²) in [6, 6.07) is 8.53. The highest BCUT2D eigenvalue weighted by molar-refractivity contribution is 5.41. The second-order valence-corrected chi connectivity index (χ2v) is 4.59. The van der Waals surface area contributed by atoms with Gasteiger partial charge in [-0.3, -0.25) is 4.90 Å². The van der Waals surface area contributed by atoms with E-state index in [0.29, 0.717) is 6.54 Å². The van der Waals surface area contributed by atoms with Gasteiger partial charge in [-0.15, -0.1) is 6.42 Å². The number of nitrogens with zero attached hydrogens (tertiary/aromatic N) is 1. The lowest BCUT2D eigenvalue weighted by Crippen LogP contribution is -2.36. The van der Waals surface area contributed by atoms with Crippen LogP contribution in [0.15, 0.2) is 24.3 Å². The molecule has 1 spiro atoms. The predicted molar refractivity (Wildman–Crippen MR) is 62.8 cm³/mol. The molecular weight excluding hydrogens is 198 g/mol. The molecule has 3 rings (SSSR count). The molecule has 0 bridgehead atoms. The normalized spacial score (nSPS) is 35.5. The summed E-state index contributed by atoms with van der Waals surface area (Å²) < 4.78 is 5.85. The van der Waals surface area contributed by atoms with Gasteiger partial charge in [0.15, 0.2) is 0 Å². The van der Waals surface area contributed by atoms with E-state index < -0.39 is 0 Å². The first kappa shape index (κ1) is 9.89. The van der Waals surface area contributed by atoms with Crippen LogP contribution in [-0.4, -0.2) is 24.1 Å². The van der Waals surface area contributed by atoms with E-state index in [1.165, 1.54) is 11.1 Å². The highest BCUT2D eigenvalue weighted by Gasteiger charge is 2.59. The van der Waals surface area contributed by atoms with E-state index in [2.05, 4.69) is 42.0 Å². The summed E-state index contributed by atoms with van der Waals surface area (Å²) in [5.41, 5.74) is 2.77. The van der Waals surface area contributed by atoms with Gasteiger partial charge in [0.25, 0.3) is 0 Å². The molecule has 0 radical (unpaired) electrons. The third-order valence-corrected chi connectivity index (χ3v) is 3.82. The third-order valence-electron chi connectivity index (χ3n) is 3.82. The summed E-state index contributed by atoms with van der Waals surface area (Å²) in [5.74, 6) is 2.72. The molecule has 2 aliphatic heterocycles. The number of rotatable bonds is 1. The maximum absolute atomic E-state index is 5.85. The Morgan fingerprint density at radius 1 is 1.56 bits per heavy atom. The number of benzene rings is 1. The Bertz CT molecular complexity index is 462. The second kappa shape index (κ2) is 3.35. The Labute approximate surface area is 96.2 Å². The van der Waals surface area contributed by atoms with E-state index in [4.69, 9.17) is 11.2 Å². The highest BCUT2D eigenvalue weighted by Crippen LogP contribution is 2.50. The number of fused-ring (bicyclic) bond motifs is 2. The van der Waals surface area contributed by atoms with E-state index >= 15 is 0 Å². The summed E-state index contributed by atoms with van der Waals surface area (Å²) in [7, 11) is 0. The van der Waals surface area contributed by atoms with Crippen molar-refractivity contribution < 1.29 is 4.74 Å².